The first kappa shape index (κ1) is 10.4. The van der Waals surface area contributed by atoms with E-state index >= 15 is 0 Å². The second-order valence-electron chi connectivity index (χ2n) is 3.37. The van der Waals surface area contributed by atoms with E-state index in [0.717, 1.165) is 11.4 Å². The summed E-state index contributed by atoms with van der Waals surface area (Å²) in [6.07, 6.45) is 1.68. The lowest BCUT2D eigenvalue weighted by Crippen LogP contribution is -2.02. The van der Waals surface area contributed by atoms with E-state index in [1.807, 2.05) is 19.1 Å². The van der Waals surface area contributed by atoms with E-state index in [1.165, 1.54) is 6.92 Å². The topological polar surface area (TPSA) is 57.0 Å². The van der Waals surface area contributed by atoms with Gasteiger partial charge in [0.25, 0.3) is 0 Å². The van der Waals surface area contributed by atoms with Crippen LogP contribution in [0.1, 0.15) is 12.6 Å². The largest absolute Gasteiger partial charge is 0.427 e. The van der Waals surface area contributed by atoms with Crippen LogP contribution >= 0.6 is 0 Å². The Balaban J connectivity index is 2.26. The monoisotopic (exact) mass is 217 g/mol. The first-order valence-corrected chi connectivity index (χ1v) is 4.83. The Morgan fingerprint density at radius 3 is 2.50 bits per heavy atom. The van der Waals surface area contributed by atoms with Gasteiger partial charge in [-0.25, -0.2) is 4.68 Å². The number of esters is 1. The second kappa shape index (κ2) is 4.14. The minimum atomic E-state index is -0.329. The summed E-state index contributed by atoms with van der Waals surface area (Å²) in [5, 5.41) is 7.73. The number of hydrogen-bond donors (Lipinski definition) is 0. The van der Waals surface area contributed by atoms with Gasteiger partial charge < -0.3 is 4.74 Å². The molecule has 5 heteroatoms. The number of aryl methyl sites for hydroxylation is 1. The molecule has 0 unspecified atom stereocenters. The predicted octanol–water partition coefficient (Wildman–Crippen LogP) is 1.50. The molecule has 0 aliphatic heterocycles. The first-order chi connectivity index (χ1) is 7.66. The van der Waals surface area contributed by atoms with Crippen LogP contribution < -0.4 is 4.74 Å². The molecule has 82 valence electrons. The van der Waals surface area contributed by atoms with Gasteiger partial charge in [-0.1, -0.05) is 5.21 Å². The number of hydrogen-bond acceptors (Lipinski definition) is 4. The van der Waals surface area contributed by atoms with Crippen molar-refractivity contribution >= 4 is 5.97 Å². The van der Waals surface area contributed by atoms with Gasteiger partial charge in [0.05, 0.1) is 17.6 Å². The number of carbonyl (C=O) groups excluding carboxylic acids is 1. The summed E-state index contributed by atoms with van der Waals surface area (Å²) in [5.41, 5.74) is 1.83. The Hall–Kier alpha value is -2.17. The lowest BCUT2D eigenvalue weighted by molar-refractivity contribution is -0.131. The van der Waals surface area contributed by atoms with Gasteiger partial charge in [-0.15, -0.1) is 5.10 Å². The van der Waals surface area contributed by atoms with Crippen molar-refractivity contribution in [2.24, 2.45) is 0 Å². The van der Waals surface area contributed by atoms with Crippen molar-refractivity contribution in [1.82, 2.24) is 15.0 Å². The lowest BCUT2D eigenvalue weighted by atomic mass is 10.3. The fraction of sp³-hybridized carbons (Fsp3) is 0.182. The minimum absolute atomic E-state index is 0.329. The van der Waals surface area contributed by atoms with E-state index in [1.54, 1.807) is 23.0 Å². The van der Waals surface area contributed by atoms with E-state index in [0.29, 0.717) is 5.75 Å². The molecule has 1 heterocycles. The highest BCUT2D eigenvalue weighted by atomic mass is 16.5. The average molecular weight is 217 g/mol. The zero-order valence-electron chi connectivity index (χ0n) is 9.04. The van der Waals surface area contributed by atoms with Gasteiger partial charge in [-0.3, -0.25) is 4.79 Å². The molecule has 0 aliphatic carbocycles. The molecule has 2 aromatic rings. The predicted molar refractivity (Wildman–Crippen MR) is 57.4 cm³/mol. The third-order valence-corrected chi connectivity index (χ3v) is 2.06. The molecular weight excluding hydrogens is 206 g/mol. The third-order valence-electron chi connectivity index (χ3n) is 2.06. The molecule has 0 fully saturated rings. The van der Waals surface area contributed by atoms with Crippen LogP contribution in [0.25, 0.3) is 5.69 Å². The zero-order chi connectivity index (χ0) is 11.5. The summed E-state index contributed by atoms with van der Waals surface area (Å²) in [7, 11) is 0. The van der Waals surface area contributed by atoms with Crippen LogP contribution in [-0.4, -0.2) is 21.0 Å². The standard InChI is InChI=1S/C11H11N3O2/c1-8-7-12-13-14(8)10-3-5-11(6-4-10)16-9(2)15/h3-7H,1-2H3. The van der Waals surface area contributed by atoms with Gasteiger partial charge in [-0.2, -0.15) is 0 Å². The van der Waals surface area contributed by atoms with Crippen LogP contribution in [0.15, 0.2) is 30.5 Å². The number of benzene rings is 1. The van der Waals surface area contributed by atoms with E-state index in [4.69, 9.17) is 4.74 Å². The first-order valence-electron chi connectivity index (χ1n) is 4.83. The normalized spacial score (nSPS) is 10.1. The van der Waals surface area contributed by atoms with E-state index < -0.39 is 0 Å². The highest BCUT2D eigenvalue weighted by molar-refractivity contribution is 5.69. The molecule has 0 bridgehead atoms. The maximum absolute atomic E-state index is 10.7. The third kappa shape index (κ3) is 2.08. The molecule has 0 atom stereocenters. The number of carbonyl (C=O) groups is 1. The fourth-order valence-electron chi connectivity index (χ4n) is 1.36. The SMILES string of the molecule is CC(=O)Oc1ccc(-n2nncc2C)cc1. The quantitative estimate of drug-likeness (QED) is 0.565. The highest BCUT2D eigenvalue weighted by Crippen LogP contribution is 2.15. The zero-order valence-corrected chi connectivity index (χ0v) is 9.04. The molecule has 1 aromatic heterocycles. The van der Waals surface area contributed by atoms with Crippen LogP contribution in [0.5, 0.6) is 5.75 Å². The minimum Gasteiger partial charge on any atom is -0.427 e. The number of rotatable bonds is 2. The molecular formula is C11H11N3O2. The Labute approximate surface area is 92.7 Å². The summed E-state index contributed by atoms with van der Waals surface area (Å²) in [6.45, 7) is 3.29. The molecule has 2 rings (SSSR count). The van der Waals surface area contributed by atoms with Crippen LogP contribution in [0.2, 0.25) is 0 Å². The highest BCUT2D eigenvalue weighted by Gasteiger charge is 2.03. The van der Waals surface area contributed by atoms with Gasteiger partial charge in [0.15, 0.2) is 0 Å². The molecule has 1 aromatic carbocycles. The van der Waals surface area contributed by atoms with Crippen molar-refractivity contribution in [2.45, 2.75) is 13.8 Å². The Morgan fingerprint density at radius 2 is 2.00 bits per heavy atom. The van der Waals surface area contributed by atoms with Crippen LogP contribution in [0.4, 0.5) is 0 Å². The summed E-state index contributed by atoms with van der Waals surface area (Å²) in [4.78, 5) is 10.7. The molecule has 0 spiro atoms. The molecule has 0 saturated carbocycles. The maximum Gasteiger partial charge on any atom is 0.308 e. The molecule has 16 heavy (non-hydrogen) atoms. The van der Waals surface area contributed by atoms with Gasteiger partial charge in [-0.05, 0) is 31.2 Å². The van der Waals surface area contributed by atoms with E-state index in [-0.39, 0.29) is 5.97 Å². The van der Waals surface area contributed by atoms with Crippen molar-refractivity contribution in [3.63, 3.8) is 0 Å². The van der Waals surface area contributed by atoms with Crippen LogP contribution in [-0.2, 0) is 4.79 Å². The Kier molecular flexibility index (Phi) is 2.68. The molecule has 0 saturated heterocycles. The number of ether oxygens (including phenoxy) is 1. The molecule has 0 amide bonds. The Morgan fingerprint density at radius 1 is 1.31 bits per heavy atom. The number of aromatic nitrogens is 3. The lowest BCUT2D eigenvalue weighted by Gasteiger charge is -2.04. The summed E-state index contributed by atoms with van der Waals surface area (Å²) in [6, 6.07) is 7.08. The number of nitrogens with zero attached hydrogens (tertiary/aromatic N) is 3. The van der Waals surface area contributed by atoms with Crippen molar-refractivity contribution in [3.8, 4) is 11.4 Å². The summed E-state index contributed by atoms with van der Waals surface area (Å²) in [5.74, 6) is 0.193. The summed E-state index contributed by atoms with van der Waals surface area (Å²) < 4.78 is 6.64. The smallest absolute Gasteiger partial charge is 0.308 e. The Bertz CT molecular complexity index is 502. The molecule has 5 nitrogen and oxygen atoms in total. The van der Waals surface area contributed by atoms with Gasteiger partial charge >= 0.3 is 5.97 Å². The van der Waals surface area contributed by atoms with Gasteiger partial charge in [0.1, 0.15) is 5.75 Å². The fourth-order valence-corrected chi connectivity index (χ4v) is 1.36. The van der Waals surface area contributed by atoms with Gasteiger partial charge in [0.2, 0.25) is 0 Å². The van der Waals surface area contributed by atoms with Crippen molar-refractivity contribution in [2.75, 3.05) is 0 Å². The van der Waals surface area contributed by atoms with Gasteiger partial charge in [0, 0.05) is 6.92 Å². The van der Waals surface area contributed by atoms with E-state index in [9.17, 15) is 4.79 Å². The van der Waals surface area contributed by atoms with E-state index in [2.05, 4.69) is 10.3 Å². The van der Waals surface area contributed by atoms with Crippen LogP contribution in [0.3, 0.4) is 0 Å². The average Bonchev–Trinajstić information content (AvgIpc) is 2.65. The second-order valence-corrected chi connectivity index (χ2v) is 3.37. The maximum atomic E-state index is 10.7. The van der Waals surface area contributed by atoms with Crippen molar-refractivity contribution in [1.29, 1.82) is 0 Å². The molecule has 0 radical (unpaired) electrons. The van der Waals surface area contributed by atoms with Crippen molar-refractivity contribution < 1.29 is 9.53 Å². The molecule has 0 N–H and O–H groups in total. The van der Waals surface area contributed by atoms with Crippen LogP contribution in [0, 0.1) is 6.92 Å². The molecule has 0 aliphatic rings. The summed E-state index contributed by atoms with van der Waals surface area (Å²) >= 11 is 0. The van der Waals surface area contributed by atoms with Crippen molar-refractivity contribution in [3.05, 3.63) is 36.2 Å².